The van der Waals surface area contributed by atoms with E-state index in [0.29, 0.717) is 30.6 Å². The number of aliphatic hydroxyl groups excluding tert-OH is 2. The third-order valence-corrected chi connectivity index (χ3v) is 9.26. The van der Waals surface area contributed by atoms with Gasteiger partial charge >= 0.3 is 0 Å². The molecule has 0 saturated heterocycles. The van der Waals surface area contributed by atoms with Crippen LogP contribution in [0.4, 0.5) is 0 Å². The molecule has 144 valence electrons. The fourth-order valence-corrected chi connectivity index (χ4v) is 7.65. The quantitative estimate of drug-likeness (QED) is 0.759. The molecular weight excluding hydrogens is 328 g/mol. The number of aliphatic hydroxyl groups is 2. The van der Waals surface area contributed by atoms with Gasteiger partial charge in [0.2, 0.25) is 0 Å². The van der Waals surface area contributed by atoms with Crippen LogP contribution in [0.3, 0.4) is 0 Å². The third kappa shape index (κ3) is 2.15. The van der Waals surface area contributed by atoms with Crippen LogP contribution in [-0.4, -0.2) is 35.0 Å². The Bertz CT molecular complexity index is 655. The largest absolute Gasteiger partial charge is 0.394 e. The van der Waals surface area contributed by atoms with Crippen molar-refractivity contribution in [2.45, 2.75) is 71.3 Å². The van der Waals surface area contributed by atoms with Gasteiger partial charge in [0.05, 0.1) is 18.1 Å². The van der Waals surface area contributed by atoms with E-state index >= 15 is 0 Å². The number of aldehydes is 1. The molecule has 0 spiro atoms. The summed E-state index contributed by atoms with van der Waals surface area (Å²) in [6.07, 6.45) is 9.23. The Morgan fingerprint density at radius 2 is 1.88 bits per heavy atom. The van der Waals surface area contributed by atoms with Crippen LogP contribution in [-0.2, 0) is 9.59 Å². The van der Waals surface area contributed by atoms with Crippen LogP contribution < -0.4 is 0 Å². The normalized spacial score (nSPS) is 48.8. The number of allylic oxidation sites excluding steroid dienone is 1. The highest BCUT2D eigenvalue weighted by molar-refractivity contribution is 5.91. The van der Waals surface area contributed by atoms with Gasteiger partial charge in [-0.2, -0.15) is 0 Å². The van der Waals surface area contributed by atoms with Gasteiger partial charge < -0.3 is 15.0 Å². The van der Waals surface area contributed by atoms with Crippen LogP contribution in [0, 0.1) is 34.0 Å². The van der Waals surface area contributed by atoms with E-state index in [2.05, 4.69) is 13.8 Å². The Hall–Kier alpha value is -1.00. The molecule has 2 N–H and O–H groups in total. The minimum absolute atomic E-state index is 0.125. The van der Waals surface area contributed by atoms with Crippen LogP contribution in [0.15, 0.2) is 11.6 Å². The SMILES string of the molecule is CC12CCC(=O)C=C1CCC1C2CCC2(C)C1CCC2(C=O)C(O)CO. The lowest BCUT2D eigenvalue weighted by molar-refractivity contribution is -0.151. The summed E-state index contributed by atoms with van der Waals surface area (Å²) < 4.78 is 0. The molecular formula is C22H32O4. The first-order chi connectivity index (χ1) is 12.3. The molecule has 0 aromatic rings. The van der Waals surface area contributed by atoms with Gasteiger partial charge in [-0.15, -0.1) is 0 Å². The molecule has 3 fully saturated rings. The second kappa shape index (κ2) is 6.00. The second-order valence-corrected chi connectivity index (χ2v) is 9.82. The van der Waals surface area contributed by atoms with Gasteiger partial charge in [-0.1, -0.05) is 19.4 Å². The van der Waals surface area contributed by atoms with Crippen molar-refractivity contribution in [2.24, 2.45) is 34.0 Å². The van der Waals surface area contributed by atoms with Gasteiger partial charge in [-0.3, -0.25) is 4.79 Å². The highest BCUT2D eigenvalue weighted by Crippen LogP contribution is 2.70. The van der Waals surface area contributed by atoms with Gasteiger partial charge in [-0.25, -0.2) is 0 Å². The molecule has 7 unspecified atom stereocenters. The second-order valence-electron chi connectivity index (χ2n) is 9.82. The van der Waals surface area contributed by atoms with E-state index in [4.69, 9.17) is 0 Å². The molecule has 0 radical (unpaired) electrons. The Morgan fingerprint density at radius 1 is 1.15 bits per heavy atom. The summed E-state index contributed by atoms with van der Waals surface area (Å²) in [7, 11) is 0. The number of carbonyl (C=O) groups is 2. The van der Waals surface area contributed by atoms with Crippen molar-refractivity contribution in [1.29, 1.82) is 0 Å². The van der Waals surface area contributed by atoms with Gasteiger partial charge in [0, 0.05) is 6.42 Å². The van der Waals surface area contributed by atoms with Crippen LogP contribution in [0.2, 0.25) is 0 Å². The molecule has 4 nitrogen and oxygen atoms in total. The van der Waals surface area contributed by atoms with Gasteiger partial charge in [-0.05, 0) is 79.6 Å². The summed E-state index contributed by atoms with van der Waals surface area (Å²) in [6.45, 7) is 4.20. The molecule has 26 heavy (non-hydrogen) atoms. The van der Waals surface area contributed by atoms with Crippen LogP contribution in [0.5, 0.6) is 0 Å². The molecule has 0 bridgehead atoms. The van der Waals surface area contributed by atoms with Crippen molar-refractivity contribution >= 4 is 12.1 Å². The molecule has 4 aliphatic rings. The number of ketones is 1. The molecule has 0 aromatic carbocycles. The lowest BCUT2D eigenvalue weighted by atomic mass is 9.45. The molecule has 0 aromatic heterocycles. The number of hydrogen-bond acceptors (Lipinski definition) is 4. The lowest BCUT2D eigenvalue weighted by Gasteiger charge is -2.59. The molecule has 4 aliphatic carbocycles. The van der Waals surface area contributed by atoms with E-state index in [1.165, 1.54) is 5.57 Å². The first-order valence-corrected chi connectivity index (χ1v) is 10.3. The number of carbonyl (C=O) groups excluding carboxylic acids is 2. The smallest absolute Gasteiger partial charge is 0.155 e. The third-order valence-electron chi connectivity index (χ3n) is 9.26. The van der Waals surface area contributed by atoms with Crippen molar-refractivity contribution in [3.63, 3.8) is 0 Å². The average Bonchev–Trinajstić information content (AvgIpc) is 2.95. The lowest BCUT2D eigenvalue weighted by Crippen LogP contribution is -2.56. The van der Waals surface area contributed by atoms with E-state index in [9.17, 15) is 19.8 Å². The van der Waals surface area contributed by atoms with E-state index in [0.717, 1.165) is 44.8 Å². The topological polar surface area (TPSA) is 74.6 Å². The predicted octanol–water partition coefficient (Wildman–Crippen LogP) is 3.06. The maximum absolute atomic E-state index is 12.2. The van der Waals surface area contributed by atoms with E-state index in [1.54, 1.807) is 0 Å². The summed E-state index contributed by atoms with van der Waals surface area (Å²) in [5.41, 5.74) is 0.436. The first-order valence-electron chi connectivity index (χ1n) is 10.3. The number of fused-ring (bicyclic) bond motifs is 5. The summed E-state index contributed by atoms with van der Waals surface area (Å²) in [4.78, 5) is 24.1. The summed E-state index contributed by atoms with van der Waals surface area (Å²) in [6, 6.07) is 0. The molecule has 4 rings (SSSR count). The minimum atomic E-state index is -0.964. The van der Waals surface area contributed by atoms with Crippen molar-refractivity contribution in [1.82, 2.24) is 0 Å². The molecule has 4 heteroatoms. The van der Waals surface area contributed by atoms with Gasteiger partial charge in [0.25, 0.3) is 0 Å². The van der Waals surface area contributed by atoms with Crippen molar-refractivity contribution < 1.29 is 19.8 Å². The monoisotopic (exact) mass is 360 g/mol. The Labute approximate surface area is 156 Å². The van der Waals surface area contributed by atoms with Crippen molar-refractivity contribution in [3.8, 4) is 0 Å². The molecule has 7 atom stereocenters. The van der Waals surface area contributed by atoms with Crippen molar-refractivity contribution in [3.05, 3.63) is 11.6 Å². The Balaban J connectivity index is 1.69. The van der Waals surface area contributed by atoms with E-state index < -0.39 is 11.5 Å². The average molecular weight is 360 g/mol. The zero-order valence-corrected chi connectivity index (χ0v) is 16.0. The molecule has 0 aliphatic heterocycles. The number of hydrogen-bond donors (Lipinski definition) is 2. The van der Waals surface area contributed by atoms with Crippen LogP contribution >= 0.6 is 0 Å². The highest BCUT2D eigenvalue weighted by atomic mass is 16.3. The van der Waals surface area contributed by atoms with Crippen LogP contribution in [0.25, 0.3) is 0 Å². The van der Waals surface area contributed by atoms with E-state index in [-0.39, 0.29) is 23.2 Å². The summed E-state index contributed by atoms with van der Waals surface area (Å²) in [5, 5.41) is 20.1. The summed E-state index contributed by atoms with van der Waals surface area (Å²) >= 11 is 0. The Kier molecular flexibility index (Phi) is 4.24. The summed E-state index contributed by atoms with van der Waals surface area (Å²) in [5.74, 6) is 1.83. The standard InChI is InChI=1S/C22H32O4/c1-20-8-5-15(25)11-14(20)3-4-16-17(20)6-9-21(2)18(16)7-10-22(21,13-24)19(26)12-23/h11,13,16-19,23,26H,3-10,12H2,1-2H3. The molecule has 3 saturated carbocycles. The zero-order valence-electron chi connectivity index (χ0n) is 16.0. The predicted molar refractivity (Wildman–Crippen MR) is 98.3 cm³/mol. The zero-order chi connectivity index (χ0) is 18.7. The fourth-order valence-electron chi connectivity index (χ4n) is 7.65. The number of rotatable bonds is 3. The molecule has 0 heterocycles. The maximum Gasteiger partial charge on any atom is 0.155 e. The van der Waals surface area contributed by atoms with Gasteiger partial charge in [0.15, 0.2) is 5.78 Å². The van der Waals surface area contributed by atoms with E-state index in [1.807, 2.05) is 6.08 Å². The highest BCUT2D eigenvalue weighted by Gasteiger charge is 2.66. The minimum Gasteiger partial charge on any atom is -0.394 e. The first kappa shape index (κ1) is 18.4. The van der Waals surface area contributed by atoms with Crippen molar-refractivity contribution in [2.75, 3.05) is 6.61 Å². The van der Waals surface area contributed by atoms with Crippen LogP contribution in [0.1, 0.15) is 65.2 Å². The van der Waals surface area contributed by atoms with Gasteiger partial charge in [0.1, 0.15) is 6.29 Å². The maximum atomic E-state index is 12.2. The molecule has 0 amide bonds. The Morgan fingerprint density at radius 3 is 2.58 bits per heavy atom. The fraction of sp³-hybridized carbons (Fsp3) is 0.818.